The van der Waals surface area contributed by atoms with E-state index in [1.165, 1.54) is 0 Å². The molecule has 1 aliphatic rings. The lowest BCUT2D eigenvalue weighted by molar-refractivity contribution is 0.0184. The topological polar surface area (TPSA) is 54.7 Å². The summed E-state index contributed by atoms with van der Waals surface area (Å²) in [5, 5.41) is 3.42. The number of rotatable bonds is 4. The number of halogens is 1. The molecule has 0 aliphatic carbocycles. The van der Waals surface area contributed by atoms with Crippen LogP contribution in [0.3, 0.4) is 0 Å². The number of likely N-dealkylation sites (tertiary alicyclic amines) is 1. The highest BCUT2D eigenvalue weighted by atomic mass is 79.9. The molecular weight excluding hydrogens is 348 g/mol. The van der Waals surface area contributed by atoms with Crippen molar-refractivity contribution in [2.75, 3.05) is 19.6 Å². The minimum absolute atomic E-state index is 0.195. The number of ether oxygens (including phenoxy) is 1. The van der Waals surface area contributed by atoms with E-state index in [1.54, 1.807) is 0 Å². The molecule has 2 heterocycles. The highest BCUT2D eigenvalue weighted by molar-refractivity contribution is 9.10. The molecule has 5 nitrogen and oxygen atoms in total. The van der Waals surface area contributed by atoms with E-state index in [2.05, 4.69) is 21.2 Å². The number of hydrogen-bond donors (Lipinski definition) is 1. The van der Waals surface area contributed by atoms with Gasteiger partial charge in [0, 0.05) is 13.1 Å². The molecule has 1 N–H and O–H groups in total. The maximum Gasteiger partial charge on any atom is 0.410 e. The Morgan fingerprint density at radius 1 is 1.41 bits per heavy atom. The van der Waals surface area contributed by atoms with Gasteiger partial charge >= 0.3 is 6.09 Å². The van der Waals surface area contributed by atoms with Gasteiger partial charge in [-0.3, -0.25) is 0 Å². The molecule has 1 fully saturated rings. The molecule has 0 aromatic carbocycles. The summed E-state index contributed by atoms with van der Waals surface area (Å²) in [6.07, 6.45) is 1.82. The van der Waals surface area contributed by atoms with Crippen molar-refractivity contribution in [3.8, 4) is 0 Å². The quantitative estimate of drug-likeness (QED) is 0.873. The van der Waals surface area contributed by atoms with E-state index in [-0.39, 0.29) is 6.09 Å². The van der Waals surface area contributed by atoms with Gasteiger partial charge in [0.1, 0.15) is 11.4 Å². The fourth-order valence-corrected chi connectivity index (χ4v) is 2.83. The first kappa shape index (κ1) is 17.3. The van der Waals surface area contributed by atoms with Crippen LogP contribution in [0.2, 0.25) is 0 Å². The molecular formula is C16H25BrN2O3. The first-order valence-corrected chi connectivity index (χ1v) is 8.55. The number of furan rings is 1. The first-order chi connectivity index (χ1) is 10.3. The lowest BCUT2D eigenvalue weighted by Crippen LogP contribution is -2.43. The molecule has 2 rings (SSSR count). The number of nitrogens with one attached hydrogen (secondary N) is 1. The van der Waals surface area contributed by atoms with Crippen molar-refractivity contribution in [3.63, 3.8) is 0 Å². The fourth-order valence-electron chi connectivity index (χ4n) is 2.49. The van der Waals surface area contributed by atoms with E-state index in [4.69, 9.17) is 9.15 Å². The maximum atomic E-state index is 12.0. The van der Waals surface area contributed by atoms with Crippen molar-refractivity contribution in [1.29, 1.82) is 0 Å². The van der Waals surface area contributed by atoms with Crippen molar-refractivity contribution in [1.82, 2.24) is 10.2 Å². The van der Waals surface area contributed by atoms with Gasteiger partial charge in [-0.1, -0.05) is 0 Å². The third-order valence-electron chi connectivity index (χ3n) is 3.63. The van der Waals surface area contributed by atoms with Crippen molar-refractivity contribution >= 4 is 22.0 Å². The summed E-state index contributed by atoms with van der Waals surface area (Å²) in [6, 6.07) is 3.86. The second-order valence-electron chi connectivity index (χ2n) is 6.75. The van der Waals surface area contributed by atoms with E-state index in [0.29, 0.717) is 5.92 Å². The van der Waals surface area contributed by atoms with Crippen molar-refractivity contribution in [3.05, 3.63) is 22.6 Å². The van der Waals surface area contributed by atoms with Crippen LogP contribution >= 0.6 is 15.9 Å². The lowest BCUT2D eigenvalue weighted by atomic mass is 9.97. The zero-order valence-corrected chi connectivity index (χ0v) is 15.1. The van der Waals surface area contributed by atoms with E-state index in [0.717, 1.165) is 49.5 Å². The molecule has 0 unspecified atom stereocenters. The van der Waals surface area contributed by atoms with Gasteiger partial charge in [0.25, 0.3) is 0 Å². The molecule has 0 radical (unpaired) electrons. The van der Waals surface area contributed by atoms with Crippen LogP contribution in [-0.4, -0.2) is 36.2 Å². The molecule has 0 bridgehead atoms. The summed E-state index contributed by atoms with van der Waals surface area (Å²) >= 11 is 3.30. The van der Waals surface area contributed by atoms with Gasteiger partial charge in [0.2, 0.25) is 0 Å². The normalized spacial score (nSPS) is 16.8. The average molecular weight is 373 g/mol. The van der Waals surface area contributed by atoms with Crippen LogP contribution in [0.15, 0.2) is 21.2 Å². The van der Waals surface area contributed by atoms with Gasteiger partial charge in [-0.2, -0.15) is 0 Å². The molecule has 0 atom stereocenters. The Morgan fingerprint density at radius 3 is 2.64 bits per heavy atom. The monoisotopic (exact) mass is 372 g/mol. The zero-order chi connectivity index (χ0) is 16.2. The SMILES string of the molecule is CC(C)(C)OC(=O)N1CCC(CNCc2ccc(Br)o2)CC1. The predicted octanol–water partition coefficient (Wildman–Crippen LogP) is 3.78. The lowest BCUT2D eigenvalue weighted by Gasteiger charge is -2.33. The van der Waals surface area contributed by atoms with Gasteiger partial charge in [-0.25, -0.2) is 4.79 Å². The second-order valence-corrected chi connectivity index (χ2v) is 7.53. The van der Waals surface area contributed by atoms with Crippen molar-refractivity contribution in [2.24, 2.45) is 5.92 Å². The number of carbonyl (C=O) groups is 1. The van der Waals surface area contributed by atoms with Crippen LogP contribution in [0, 0.1) is 5.92 Å². The number of amides is 1. The smallest absolute Gasteiger partial charge is 0.410 e. The molecule has 124 valence electrons. The number of carbonyl (C=O) groups excluding carboxylic acids is 1. The minimum Gasteiger partial charge on any atom is -0.453 e. The average Bonchev–Trinajstić information content (AvgIpc) is 2.83. The van der Waals surface area contributed by atoms with Gasteiger partial charge in [0.05, 0.1) is 6.54 Å². The highest BCUT2D eigenvalue weighted by Crippen LogP contribution is 2.19. The van der Waals surface area contributed by atoms with Crippen LogP contribution in [0.25, 0.3) is 0 Å². The molecule has 1 aliphatic heterocycles. The molecule has 1 saturated heterocycles. The van der Waals surface area contributed by atoms with E-state index in [1.807, 2.05) is 37.8 Å². The third-order valence-corrected chi connectivity index (χ3v) is 4.05. The number of nitrogens with zero attached hydrogens (tertiary/aromatic N) is 1. The molecule has 1 amide bonds. The summed E-state index contributed by atoms with van der Waals surface area (Å²) in [5.41, 5.74) is -0.424. The molecule has 0 spiro atoms. The van der Waals surface area contributed by atoms with Crippen LogP contribution in [0.1, 0.15) is 39.4 Å². The largest absolute Gasteiger partial charge is 0.453 e. The van der Waals surface area contributed by atoms with Crippen LogP contribution < -0.4 is 5.32 Å². The van der Waals surface area contributed by atoms with Gasteiger partial charge in [-0.05, 0) is 74.1 Å². The summed E-state index contributed by atoms with van der Waals surface area (Å²) in [7, 11) is 0. The van der Waals surface area contributed by atoms with E-state index in [9.17, 15) is 4.79 Å². The second kappa shape index (κ2) is 7.51. The Bertz CT molecular complexity index is 488. The Morgan fingerprint density at radius 2 is 2.09 bits per heavy atom. The Labute approximate surface area is 140 Å². The minimum atomic E-state index is -0.424. The molecule has 22 heavy (non-hydrogen) atoms. The Kier molecular flexibility index (Phi) is 5.92. The van der Waals surface area contributed by atoms with Crippen LogP contribution in [0.5, 0.6) is 0 Å². The summed E-state index contributed by atoms with van der Waals surface area (Å²) in [6.45, 7) is 8.91. The predicted molar refractivity (Wildman–Crippen MR) is 88.6 cm³/mol. The Balaban J connectivity index is 1.65. The van der Waals surface area contributed by atoms with Crippen LogP contribution in [-0.2, 0) is 11.3 Å². The Hall–Kier alpha value is -1.01. The molecule has 1 aromatic rings. The van der Waals surface area contributed by atoms with E-state index < -0.39 is 5.60 Å². The molecule has 6 heteroatoms. The molecule has 0 saturated carbocycles. The van der Waals surface area contributed by atoms with Crippen molar-refractivity contribution in [2.45, 2.75) is 45.8 Å². The summed E-state index contributed by atoms with van der Waals surface area (Å²) in [4.78, 5) is 13.8. The highest BCUT2D eigenvalue weighted by Gasteiger charge is 2.26. The maximum absolute atomic E-state index is 12.0. The number of piperidine rings is 1. The van der Waals surface area contributed by atoms with Gasteiger partial charge in [0.15, 0.2) is 4.67 Å². The summed E-state index contributed by atoms with van der Waals surface area (Å²) < 4.78 is 11.6. The fraction of sp³-hybridized carbons (Fsp3) is 0.688. The van der Waals surface area contributed by atoms with Crippen molar-refractivity contribution < 1.29 is 13.9 Å². The standard InChI is InChI=1S/C16H25BrN2O3/c1-16(2,3)22-15(20)19-8-6-12(7-9-19)10-18-11-13-4-5-14(17)21-13/h4-5,12,18H,6-11H2,1-3H3. The zero-order valence-electron chi connectivity index (χ0n) is 13.5. The molecule has 1 aromatic heterocycles. The van der Waals surface area contributed by atoms with E-state index >= 15 is 0 Å². The first-order valence-electron chi connectivity index (χ1n) is 7.76. The third kappa shape index (κ3) is 5.65. The summed E-state index contributed by atoms with van der Waals surface area (Å²) in [5.74, 6) is 1.52. The van der Waals surface area contributed by atoms with Gasteiger partial charge < -0.3 is 19.4 Å². The number of hydrogen-bond acceptors (Lipinski definition) is 4. The van der Waals surface area contributed by atoms with Crippen LogP contribution in [0.4, 0.5) is 4.79 Å². The van der Waals surface area contributed by atoms with Gasteiger partial charge in [-0.15, -0.1) is 0 Å².